The number of nitrogens with two attached hydrogens (primary N) is 1. The first-order valence-corrected chi connectivity index (χ1v) is 6.52. The lowest BCUT2D eigenvalue weighted by Gasteiger charge is -2.25. The van der Waals surface area contributed by atoms with Gasteiger partial charge in [0, 0.05) is 6.42 Å². The molecule has 88 valence electrons. The standard InChI is InChI=1S/C11H23N3O/c1(4-13-6-2-12-3-7-13)5-14-8-10-15-11-9-14/h12H,1-11H2/p+3. The molecule has 0 atom stereocenters. The number of piperazine rings is 1. The Labute approximate surface area is 92.6 Å². The molecule has 2 aliphatic rings. The van der Waals surface area contributed by atoms with Crippen LogP contribution in [-0.4, -0.2) is 65.6 Å². The molecule has 0 amide bonds. The lowest BCUT2D eigenvalue weighted by atomic mass is 10.3. The quantitative estimate of drug-likeness (QED) is 0.437. The molecule has 15 heavy (non-hydrogen) atoms. The Kier molecular flexibility index (Phi) is 4.86. The summed E-state index contributed by atoms with van der Waals surface area (Å²) in [6, 6.07) is 0. The van der Waals surface area contributed by atoms with Crippen LogP contribution in [0.3, 0.4) is 0 Å². The average molecular weight is 216 g/mol. The fourth-order valence-electron chi connectivity index (χ4n) is 2.63. The van der Waals surface area contributed by atoms with Crippen LogP contribution >= 0.6 is 0 Å². The zero-order valence-electron chi connectivity index (χ0n) is 9.76. The van der Waals surface area contributed by atoms with E-state index in [1.807, 2.05) is 4.90 Å². The molecule has 2 saturated heterocycles. The molecule has 0 bridgehead atoms. The fourth-order valence-corrected chi connectivity index (χ4v) is 2.63. The highest BCUT2D eigenvalue weighted by atomic mass is 16.5. The summed E-state index contributed by atoms with van der Waals surface area (Å²) in [6.45, 7) is 12.6. The minimum absolute atomic E-state index is 0.973. The summed E-state index contributed by atoms with van der Waals surface area (Å²) >= 11 is 0. The molecule has 0 aromatic rings. The van der Waals surface area contributed by atoms with Crippen LogP contribution < -0.4 is 15.1 Å². The van der Waals surface area contributed by atoms with Crippen molar-refractivity contribution < 1.29 is 19.9 Å². The Balaban J connectivity index is 1.53. The molecule has 2 fully saturated rings. The summed E-state index contributed by atoms with van der Waals surface area (Å²) in [6.07, 6.45) is 1.39. The second-order valence-corrected chi connectivity index (χ2v) is 4.83. The molecular weight excluding hydrogens is 190 g/mol. The summed E-state index contributed by atoms with van der Waals surface area (Å²) in [5.41, 5.74) is 0. The topological polar surface area (TPSA) is 34.7 Å². The van der Waals surface area contributed by atoms with E-state index < -0.39 is 0 Å². The first-order chi connectivity index (χ1) is 7.45. The molecule has 0 aliphatic carbocycles. The van der Waals surface area contributed by atoms with E-state index in [1.54, 1.807) is 4.90 Å². The van der Waals surface area contributed by atoms with Gasteiger partial charge in [-0.2, -0.15) is 0 Å². The summed E-state index contributed by atoms with van der Waals surface area (Å²) < 4.78 is 5.37. The first-order valence-electron chi connectivity index (χ1n) is 6.52. The van der Waals surface area contributed by atoms with Gasteiger partial charge in [-0.05, 0) is 0 Å². The molecule has 4 N–H and O–H groups in total. The summed E-state index contributed by atoms with van der Waals surface area (Å²) in [5, 5.41) is 2.44. The Morgan fingerprint density at radius 2 is 1.47 bits per heavy atom. The van der Waals surface area contributed by atoms with Crippen LogP contribution in [0.15, 0.2) is 0 Å². The summed E-state index contributed by atoms with van der Waals surface area (Å²) in [7, 11) is 0. The summed E-state index contributed by atoms with van der Waals surface area (Å²) in [5.74, 6) is 0. The number of hydrogen-bond acceptors (Lipinski definition) is 1. The second-order valence-electron chi connectivity index (χ2n) is 4.83. The largest absolute Gasteiger partial charge is 0.370 e. The zero-order valence-corrected chi connectivity index (χ0v) is 9.76. The van der Waals surface area contributed by atoms with Crippen molar-refractivity contribution in [1.29, 1.82) is 0 Å². The highest BCUT2D eigenvalue weighted by Gasteiger charge is 2.17. The van der Waals surface area contributed by atoms with Gasteiger partial charge in [0.1, 0.15) is 39.3 Å². The van der Waals surface area contributed by atoms with E-state index in [0.717, 1.165) is 13.2 Å². The van der Waals surface area contributed by atoms with E-state index in [9.17, 15) is 0 Å². The molecule has 2 heterocycles. The monoisotopic (exact) mass is 216 g/mol. The average Bonchev–Trinajstić information content (AvgIpc) is 2.32. The highest BCUT2D eigenvalue weighted by Crippen LogP contribution is 1.76. The van der Waals surface area contributed by atoms with Crippen molar-refractivity contribution in [1.82, 2.24) is 0 Å². The first kappa shape index (κ1) is 11.3. The van der Waals surface area contributed by atoms with Crippen LogP contribution in [0, 0.1) is 0 Å². The van der Waals surface area contributed by atoms with E-state index in [1.165, 1.54) is 58.8 Å². The smallest absolute Gasteiger partial charge is 0.127 e. The van der Waals surface area contributed by atoms with Crippen molar-refractivity contribution >= 4 is 0 Å². The Morgan fingerprint density at radius 3 is 2.13 bits per heavy atom. The fraction of sp³-hybridized carbons (Fsp3) is 1.00. The van der Waals surface area contributed by atoms with Gasteiger partial charge in [-0.1, -0.05) is 0 Å². The van der Waals surface area contributed by atoms with E-state index in [0.29, 0.717) is 0 Å². The third-order valence-corrected chi connectivity index (χ3v) is 3.66. The molecule has 0 aromatic carbocycles. The number of nitrogens with one attached hydrogen (secondary N) is 2. The molecule has 4 nitrogen and oxygen atoms in total. The minimum atomic E-state index is 0.973. The maximum atomic E-state index is 5.37. The third-order valence-electron chi connectivity index (χ3n) is 3.66. The highest BCUT2D eigenvalue weighted by molar-refractivity contribution is 4.41. The molecule has 4 heteroatoms. The van der Waals surface area contributed by atoms with Gasteiger partial charge in [0.25, 0.3) is 0 Å². The number of morpholine rings is 1. The SMILES string of the molecule is C(C[NH+]1CC[NH2+]CC1)C[NH+]1CCOCC1. The maximum Gasteiger partial charge on any atom is 0.127 e. The van der Waals surface area contributed by atoms with E-state index in [-0.39, 0.29) is 0 Å². The van der Waals surface area contributed by atoms with Crippen molar-refractivity contribution in [2.45, 2.75) is 6.42 Å². The van der Waals surface area contributed by atoms with Gasteiger partial charge >= 0.3 is 0 Å². The van der Waals surface area contributed by atoms with Gasteiger partial charge in [-0.15, -0.1) is 0 Å². The van der Waals surface area contributed by atoms with Crippen LogP contribution in [0.1, 0.15) is 6.42 Å². The van der Waals surface area contributed by atoms with Gasteiger partial charge in [-0.3, -0.25) is 0 Å². The zero-order chi connectivity index (χ0) is 10.3. The van der Waals surface area contributed by atoms with E-state index in [2.05, 4.69) is 5.32 Å². The maximum absolute atomic E-state index is 5.37. The number of quaternary nitrogens is 3. The van der Waals surface area contributed by atoms with Gasteiger partial charge in [0.15, 0.2) is 0 Å². The van der Waals surface area contributed by atoms with Crippen LogP contribution in [0.2, 0.25) is 0 Å². The molecule has 0 aromatic heterocycles. The van der Waals surface area contributed by atoms with Crippen molar-refractivity contribution in [3.05, 3.63) is 0 Å². The predicted molar refractivity (Wildman–Crippen MR) is 58.2 cm³/mol. The molecular formula is C11H26N3O+3. The molecule has 2 rings (SSSR count). The van der Waals surface area contributed by atoms with Crippen LogP contribution in [0.4, 0.5) is 0 Å². The number of ether oxygens (including phenoxy) is 1. The van der Waals surface area contributed by atoms with E-state index >= 15 is 0 Å². The lowest BCUT2D eigenvalue weighted by molar-refractivity contribution is -0.953. The second kappa shape index (κ2) is 6.43. The molecule has 0 spiro atoms. The van der Waals surface area contributed by atoms with Crippen LogP contribution in [-0.2, 0) is 4.74 Å². The van der Waals surface area contributed by atoms with Crippen molar-refractivity contribution in [3.63, 3.8) is 0 Å². The van der Waals surface area contributed by atoms with E-state index in [4.69, 9.17) is 4.74 Å². The Bertz CT molecular complexity index is 147. The summed E-state index contributed by atoms with van der Waals surface area (Å²) in [4.78, 5) is 3.58. The molecule has 2 aliphatic heterocycles. The van der Waals surface area contributed by atoms with Crippen LogP contribution in [0.25, 0.3) is 0 Å². The van der Waals surface area contributed by atoms with Crippen LogP contribution in [0.5, 0.6) is 0 Å². The van der Waals surface area contributed by atoms with Crippen molar-refractivity contribution in [2.24, 2.45) is 0 Å². The van der Waals surface area contributed by atoms with Gasteiger partial charge in [0.05, 0.1) is 26.3 Å². The lowest BCUT2D eigenvalue weighted by Crippen LogP contribution is -3.21. The Hall–Kier alpha value is -0.160. The minimum Gasteiger partial charge on any atom is -0.370 e. The van der Waals surface area contributed by atoms with Gasteiger partial charge in [0.2, 0.25) is 0 Å². The van der Waals surface area contributed by atoms with Crippen molar-refractivity contribution in [2.75, 3.05) is 65.6 Å². The normalized spacial score (nSPS) is 25.6. The van der Waals surface area contributed by atoms with Crippen molar-refractivity contribution in [3.8, 4) is 0 Å². The third kappa shape index (κ3) is 4.07. The van der Waals surface area contributed by atoms with Gasteiger partial charge < -0.3 is 19.9 Å². The predicted octanol–water partition coefficient (Wildman–Crippen LogP) is -4.25. The Morgan fingerprint density at radius 1 is 0.867 bits per heavy atom. The number of rotatable bonds is 4. The van der Waals surface area contributed by atoms with Gasteiger partial charge in [-0.25, -0.2) is 0 Å². The molecule has 0 unspecified atom stereocenters. The molecule has 0 saturated carbocycles. The number of hydrogen-bond donors (Lipinski definition) is 3. The molecule has 0 radical (unpaired) electrons.